The third-order valence-corrected chi connectivity index (χ3v) is 5.88. The van der Waals surface area contributed by atoms with Gasteiger partial charge in [0.05, 0.1) is 19.1 Å². The maximum Gasteiger partial charge on any atom is 0.433 e. The molecule has 0 saturated carbocycles. The number of benzene rings is 1. The van der Waals surface area contributed by atoms with Crippen LogP contribution in [0.25, 0.3) is 16.8 Å². The van der Waals surface area contributed by atoms with Crippen LogP contribution in [0.15, 0.2) is 42.9 Å². The zero-order chi connectivity index (χ0) is 25.4. The number of anilines is 1. The zero-order valence-electron chi connectivity index (χ0n) is 18.3. The molecule has 3 aromatic heterocycles. The van der Waals surface area contributed by atoms with Crippen molar-refractivity contribution in [2.24, 2.45) is 0 Å². The number of halogens is 4. The summed E-state index contributed by atoms with van der Waals surface area (Å²) in [4.78, 5) is 11.9. The van der Waals surface area contributed by atoms with Gasteiger partial charge < -0.3 is 19.9 Å². The molecule has 36 heavy (non-hydrogen) atoms. The van der Waals surface area contributed by atoms with Gasteiger partial charge in [-0.25, -0.2) is 4.39 Å². The average molecular weight is 503 g/mol. The van der Waals surface area contributed by atoms with Crippen molar-refractivity contribution < 1.29 is 36.9 Å². The van der Waals surface area contributed by atoms with E-state index in [1.807, 2.05) is 0 Å². The number of nitrogens with zero attached hydrogens (tertiary/aromatic N) is 4. The van der Waals surface area contributed by atoms with E-state index < -0.39 is 11.9 Å². The number of carboxylic acid groups (broad SMARTS) is 1. The molecule has 2 N–H and O–H groups in total. The smallest absolute Gasteiger partial charge is 0.433 e. The number of carbonyl (C=O) groups is 1. The van der Waals surface area contributed by atoms with Gasteiger partial charge >= 0.3 is 6.18 Å². The molecule has 0 aliphatic carbocycles. The van der Waals surface area contributed by atoms with E-state index in [-0.39, 0.29) is 31.4 Å². The number of aromatic nitrogens is 4. The molecule has 2 aliphatic rings. The number of fused-ring (bicyclic) bond motifs is 3. The van der Waals surface area contributed by atoms with Gasteiger partial charge in [-0.1, -0.05) is 6.07 Å². The van der Waals surface area contributed by atoms with Crippen LogP contribution in [0.1, 0.15) is 22.7 Å². The summed E-state index contributed by atoms with van der Waals surface area (Å²) in [6.45, 7) is 0.530. The van der Waals surface area contributed by atoms with Crippen molar-refractivity contribution in [1.82, 2.24) is 19.6 Å². The van der Waals surface area contributed by atoms with E-state index in [1.165, 1.54) is 18.5 Å². The van der Waals surface area contributed by atoms with Gasteiger partial charge in [-0.05, 0) is 24.3 Å². The Morgan fingerprint density at radius 3 is 2.58 bits per heavy atom. The van der Waals surface area contributed by atoms with Crippen LogP contribution >= 0.6 is 0 Å². The zero-order valence-corrected chi connectivity index (χ0v) is 18.3. The highest BCUT2D eigenvalue weighted by Crippen LogP contribution is 2.42. The van der Waals surface area contributed by atoms with Gasteiger partial charge in [0.25, 0.3) is 6.47 Å². The molecule has 2 aliphatic heterocycles. The lowest BCUT2D eigenvalue weighted by Crippen LogP contribution is -2.13. The van der Waals surface area contributed by atoms with Crippen molar-refractivity contribution in [2.75, 3.05) is 18.5 Å². The number of hydrogen-bond acceptors (Lipinski definition) is 7. The Balaban J connectivity index is 0.000000848. The molecule has 0 unspecified atom stereocenters. The average Bonchev–Trinajstić information content (AvgIpc) is 3.50. The summed E-state index contributed by atoms with van der Waals surface area (Å²) >= 11 is 0. The molecule has 0 spiro atoms. The summed E-state index contributed by atoms with van der Waals surface area (Å²) in [5.41, 5.74) is 1.62. The normalized spacial score (nSPS) is 16.1. The van der Waals surface area contributed by atoms with E-state index in [4.69, 9.17) is 19.4 Å². The van der Waals surface area contributed by atoms with Crippen molar-refractivity contribution in [3.05, 3.63) is 65.5 Å². The predicted molar refractivity (Wildman–Crippen MR) is 117 cm³/mol. The van der Waals surface area contributed by atoms with Crippen molar-refractivity contribution in [2.45, 2.75) is 18.6 Å². The molecule has 0 amide bonds. The first kappa shape index (κ1) is 23.3. The van der Waals surface area contributed by atoms with E-state index in [0.717, 1.165) is 17.8 Å². The first-order chi connectivity index (χ1) is 17.3. The van der Waals surface area contributed by atoms with E-state index in [0.29, 0.717) is 46.3 Å². The molecule has 0 bridgehead atoms. The summed E-state index contributed by atoms with van der Waals surface area (Å²) in [5, 5.41) is 18.2. The monoisotopic (exact) mass is 503 g/mol. The Morgan fingerprint density at radius 1 is 1.14 bits per heavy atom. The van der Waals surface area contributed by atoms with E-state index in [9.17, 15) is 17.6 Å². The summed E-state index contributed by atoms with van der Waals surface area (Å²) in [6, 6.07) is 6.93. The molecule has 9 nitrogen and oxygen atoms in total. The Bertz CT molecular complexity index is 1440. The Labute approximate surface area is 200 Å². The third kappa shape index (κ3) is 4.01. The standard InChI is InChI=1S/C22H15F4N5O2.CH2O2/c23-15-2-3-16-19-12(8-32-16)9-33-17-5-13(11-1-4-18(27-6-11)22(24,25)26)20-30-29-10-31(20)21(17)28-7-14(15)19;2-1-3/h1-6,10,12,28H,7-9H2;1H,(H,2,3)/t12-;/m1./s1. The van der Waals surface area contributed by atoms with E-state index >= 15 is 0 Å². The topological polar surface area (TPSA) is 111 Å². The second kappa shape index (κ2) is 8.98. The lowest BCUT2D eigenvalue weighted by molar-refractivity contribution is -0.141. The molecule has 0 radical (unpaired) electrons. The van der Waals surface area contributed by atoms with Crippen molar-refractivity contribution in [1.29, 1.82) is 0 Å². The minimum atomic E-state index is -4.54. The quantitative estimate of drug-likeness (QED) is 0.295. The van der Waals surface area contributed by atoms with Gasteiger partial charge in [0.2, 0.25) is 0 Å². The Kier molecular flexibility index (Phi) is 5.82. The van der Waals surface area contributed by atoms with Crippen LogP contribution in [0, 0.1) is 5.82 Å². The first-order valence-corrected chi connectivity index (χ1v) is 10.6. The van der Waals surface area contributed by atoms with Gasteiger partial charge in [0.1, 0.15) is 23.6 Å². The number of hydrogen-bond donors (Lipinski definition) is 2. The number of ether oxygens (including phenoxy) is 2. The summed E-state index contributed by atoms with van der Waals surface area (Å²) in [7, 11) is 0. The molecule has 1 aromatic carbocycles. The van der Waals surface area contributed by atoms with Crippen molar-refractivity contribution >= 4 is 17.9 Å². The molecule has 5 heterocycles. The van der Waals surface area contributed by atoms with Gasteiger partial charge in [0, 0.05) is 35.0 Å². The molecule has 13 heteroatoms. The highest BCUT2D eigenvalue weighted by Gasteiger charge is 2.33. The van der Waals surface area contributed by atoms with Crippen LogP contribution in [0.5, 0.6) is 11.5 Å². The second-order valence-corrected chi connectivity index (χ2v) is 7.94. The highest BCUT2D eigenvalue weighted by atomic mass is 19.4. The molecule has 4 aromatic rings. The summed E-state index contributed by atoms with van der Waals surface area (Å²) < 4.78 is 66.9. The number of rotatable bonds is 1. The van der Waals surface area contributed by atoms with Crippen LogP contribution < -0.4 is 14.8 Å². The number of nitrogens with one attached hydrogen (secondary N) is 1. The molecular weight excluding hydrogens is 486 g/mol. The SMILES string of the molecule is Fc1ccc2c3c1CNc1c(cc(-c4ccc(C(F)(F)F)nc4)c4nncn14)OC[C@H]3CO2.O=CO. The minimum absolute atomic E-state index is 0.161. The van der Waals surface area contributed by atoms with Gasteiger partial charge in [-0.3, -0.25) is 14.2 Å². The second-order valence-electron chi connectivity index (χ2n) is 7.94. The fourth-order valence-corrected chi connectivity index (χ4v) is 4.32. The highest BCUT2D eigenvalue weighted by molar-refractivity contribution is 5.81. The fourth-order valence-electron chi connectivity index (χ4n) is 4.32. The molecule has 6 rings (SSSR count). The fraction of sp³-hybridized carbons (Fsp3) is 0.217. The Morgan fingerprint density at radius 2 is 1.89 bits per heavy atom. The van der Waals surface area contributed by atoms with Gasteiger partial charge in [-0.2, -0.15) is 13.2 Å². The number of alkyl halides is 3. The third-order valence-electron chi connectivity index (χ3n) is 5.88. The van der Waals surface area contributed by atoms with Crippen LogP contribution in [0.4, 0.5) is 23.4 Å². The first-order valence-electron chi connectivity index (χ1n) is 10.6. The summed E-state index contributed by atoms with van der Waals surface area (Å²) in [6.07, 6.45) is -1.93. The lowest BCUT2D eigenvalue weighted by atomic mass is 9.96. The lowest BCUT2D eigenvalue weighted by Gasteiger charge is -2.16. The molecule has 186 valence electrons. The molecule has 0 saturated heterocycles. The molecular formula is C23H17F4N5O4. The van der Waals surface area contributed by atoms with Crippen LogP contribution in [0.3, 0.4) is 0 Å². The maximum atomic E-state index is 14.7. The van der Waals surface area contributed by atoms with E-state index in [1.54, 1.807) is 16.5 Å². The minimum Gasteiger partial charge on any atom is -0.493 e. The molecule has 1 atom stereocenters. The van der Waals surface area contributed by atoms with Crippen molar-refractivity contribution in [3.63, 3.8) is 0 Å². The van der Waals surface area contributed by atoms with E-state index in [2.05, 4.69) is 20.5 Å². The van der Waals surface area contributed by atoms with Gasteiger partial charge in [0.15, 0.2) is 17.2 Å². The summed E-state index contributed by atoms with van der Waals surface area (Å²) in [5.74, 6) is 1.08. The Hall–Kier alpha value is -4.42. The molecule has 0 fully saturated rings. The number of pyridine rings is 2. The maximum absolute atomic E-state index is 14.7. The predicted octanol–water partition coefficient (Wildman–Crippen LogP) is 4.13. The van der Waals surface area contributed by atoms with Gasteiger partial charge in [-0.15, -0.1) is 10.2 Å². The van der Waals surface area contributed by atoms with Crippen LogP contribution in [-0.4, -0.2) is 44.4 Å². The van der Waals surface area contributed by atoms with Crippen molar-refractivity contribution in [3.8, 4) is 22.6 Å². The van der Waals surface area contributed by atoms with Crippen LogP contribution in [-0.2, 0) is 17.5 Å². The largest absolute Gasteiger partial charge is 0.493 e. The van der Waals surface area contributed by atoms with Crippen LogP contribution in [0.2, 0.25) is 0 Å².